The fourth-order valence-corrected chi connectivity index (χ4v) is 1.53. The average molecular weight is 207 g/mol. The van der Waals surface area contributed by atoms with Gasteiger partial charge in [-0.25, -0.2) is 4.39 Å². The number of halogens is 1. The summed E-state index contributed by atoms with van der Waals surface area (Å²) in [6.07, 6.45) is 3.08. The predicted octanol–water partition coefficient (Wildman–Crippen LogP) is 2.12. The lowest BCUT2D eigenvalue weighted by Gasteiger charge is -2.14. The van der Waals surface area contributed by atoms with Crippen molar-refractivity contribution in [3.8, 4) is 5.75 Å². The Balaban J connectivity index is 1.93. The van der Waals surface area contributed by atoms with Crippen LogP contribution in [0.5, 0.6) is 5.75 Å². The van der Waals surface area contributed by atoms with Crippen LogP contribution < -0.4 is 10.1 Å². The molecule has 1 aliphatic heterocycles. The minimum atomic E-state index is -0.299. The second-order valence-electron chi connectivity index (χ2n) is 3.54. The van der Waals surface area contributed by atoms with Crippen molar-refractivity contribution in [2.45, 2.75) is 6.42 Å². The number of ether oxygens (including phenoxy) is 1. The van der Waals surface area contributed by atoms with Crippen molar-refractivity contribution < 1.29 is 9.13 Å². The van der Waals surface area contributed by atoms with E-state index in [4.69, 9.17) is 4.74 Å². The number of rotatable bonds is 3. The minimum Gasteiger partial charge on any atom is -0.486 e. The van der Waals surface area contributed by atoms with Crippen molar-refractivity contribution in [3.63, 3.8) is 0 Å². The summed E-state index contributed by atoms with van der Waals surface area (Å²) in [6, 6.07) is 6.49. The van der Waals surface area contributed by atoms with E-state index in [9.17, 15) is 4.39 Å². The maximum absolute atomic E-state index is 13.2. The molecular formula is C12H14FNO. The largest absolute Gasteiger partial charge is 0.486 e. The summed E-state index contributed by atoms with van der Waals surface area (Å²) in [5.41, 5.74) is 1.23. The van der Waals surface area contributed by atoms with Gasteiger partial charge in [0.25, 0.3) is 0 Å². The molecule has 1 N–H and O–H groups in total. The Morgan fingerprint density at radius 3 is 2.93 bits per heavy atom. The minimum absolute atomic E-state index is 0.299. The van der Waals surface area contributed by atoms with Gasteiger partial charge in [0.05, 0.1) is 0 Å². The van der Waals surface area contributed by atoms with Gasteiger partial charge in [-0.3, -0.25) is 0 Å². The summed E-state index contributed by atoms with van der Waals surface area (Å²) in [7, 11) is 0. The predicted molar refractivity (Wildman–Crippen MR) is 57.5 cm³/mol. The zero-order chi connectivity index (χ0) is 10.5. The van der Waals surface area contributed by atoms with Gasteiger partial charge in [-0.15, -0.1) is 0 Å². The van der Waals surface area contributed by atoms with Gasteiger partial charge in [-0.2, -0.15) is 0 Å². The maximum Gasteiger partial charge on any atom is 0.165 e. The summed E-state index contributed by atoms with van der Waals surface area (Å²) in [4.78, 5) is 0. The molecule has 1 aromatic rings. The average Bonchev–Trinajstić information content (AvgIpc) is 2.29. The summed E-state index contributed by atoms with van der Waals surface area (Å²) >= 11 is 0. The zero-order valence-electron chi connectivity index (χ0n) is 8.50. The van der Waals surface area contributed by atoms with Crippen LogP contribution in [-0.2, 0) is 0 Å². The van der Waals surface area contributed by atoms with E-state index in [2.05, 4.69) is 11.4 Å². The molecule has 0 fully saturated rings. The van der Waals surface area contributed by atoms with Crippen LogP contribution in [0.4, 0.5) is 4.39 Å². The van der Waals surface area contributed by atoms with Crippen molar-refractivity contribution >= 4 is 0 Å². The van der Waals surface area contributed by atoms with Crippen molar-refractivity contribution in [2.24, 2.45) is 0 Å². The molecule has 0 amide bonds. The van der Waals surface area contributed by atoms with E-state index in [-0.39, 0.29) is 5.82 Å². The van der Waals surface area contributed by atoms with Gasteiger partial charge in [0.1, 0.15) is 6.61 Å². The molecular weight excluding hydrogens is 193 g/mol. The van der Waals surface area contributed by atoms with Crippen LogP contribution in [0.25, 0.3) is 0 Å². The molecule has 0 saturated carbocycles. The molecule has 0 spiro atoms. The molecule has 3 heteroatoms. The van der Waals surface area contributed by atoms with Crippen LogP contribution >= 0.6 is 0 Å². The zero-order valence-corrected chi connectivity index (χ0v) is 8.50. The van der Waals surface area contributed by atoms with Gasteiger partial charge in [0.15, 0.2) is 11.6 Å². The molecule has 0 atom stereocenters. The number of para-hydroxylation sites is 1. The molecule has 0 unspecified atom stereocenters. The van der Waals surface area contributed by atoms with E-state index in [0.29, 0.717) is 12.4 Å². The lowest BCUT2D eigenvalue weighted by molar-refractivity contribution is 0.326. The smallest absolute Gasteiger partial charge is 0.165 e. The summed E-state index contributed by atoms with van der Waals surface area (Å²) in [5, 5.41) is 3.22. The first-order valence-corrected chi connectivity index (χ1v) is 5.12. The number of hydrogen-bond acceptors (Lipinski definition) is 2. The highest BCUT2D eigenvalue weighted by Gasteiger charge is 2.05. The quantitative estimate of drug-likeness (QED) is 0.766. The van der Waals surface area contributed by atoms with Crippen LogP contribution in [0.15, 0.2) is 35.9 Å². The summed E-state index contributed by atoms with van der Waals surface area (Å²) in [6.45, 7) is 2.35. The van der Waals surface area contributed by atoms with Crippen LogP contribution in [0, 0.1) is 5.82 Å². The Hall–Kier alpha value is -1.35. The Kier molecular flexibility index (Phi) is 3.35. The fraction of sp³-hybridized carbons (Fsp3) is 0.333. The van der Waals surface area contributed by atoms with E-state index < -0.39 is 0 Å². The Morgan fingerprint density at radius 2 is 2.20 bits per heavy atom. The summed E-state index contributed by atoms with van der Waals surface area (Å²) < 4.78 is 18.6. The van der Waals surface area contributed by atoms with Gasteiger partial charge in [-0.1, -0.05) is 18.2 Å². The Labute approximate surface area is 88.8 Å². The lowest BCUT2D eigenvalue weighted by Crippen LogP contribution is -2.22. The Bertz CT molecular complexity index is 362. The van der Waals surface area contributed by atoms with Crippen molar-refractivity contribution in [2.75, 3.05) is 19.7 Å². The topological polar surface area (TPSA) is 21.3 Å². The van der Waals surface area contributed by atoms with Gasteiger partial charge in [0, 0.05) is 6.54 Å². The first-order chi connectivity index (χ1) is 7.36. The third-order valence-electron chi connectivity index (χ3n) is 2.41. The number of nitrogens with one attached hydrogen (secondary N) is 1. The highest BCUT2D eigenvalue weighted by Crippen LogP contribution is 2.17. The lowest BCUT2D eigenvalue weighted by atomic mass is 10.1. The molecule has 1 heterocycles. The van der Waals surface area contributed by atoms with Crippen molar-refractivity contribution in [3.05, 3.63) is 41.7 Å². The summed E-state index contributed by atoms with van der Waals surface area (Å²) in [5.74, 6) is 0.0315. The molecule has 80 valence electrons. The molecule has 2 rings (SSSR count). The van der Waals surface area contributed by atoms with Gasteiger partial charge in [0.2, 0.25) is 0 Å². The third-order valence-corrected chi connectivity index (χ3v) is 2.41. The van der Waals surface area contributed by atoms with Crippen LogP contribution in [0.1, 0.15) is 6.42 Å². The highest BCUT2D eigenvalue weighted by atomic mass is 19.1. The van der Waals surface area contributed by atoms with Crippen LogP contribution in [0.2, 0.25) is 0 Å². The van der Waals surface area contributed by atoms with E-state index in [1.54, 1.807) is 18.2 Å². The second kappa shape index (κ2) is 4.94. The Morgan fingerprint density at radius 1 is 1.33 bits per heavy atom. The molecule has 2 nitrogen and oxygen atoms in total. The van der Waals surface area contributed by atoms with E-state index >= 15 is 0 Å². The second-order valence-corrected chi connectivity index (χ2v) is 3.54. The first-order valence-electron chi connectivity index (χ1n) is 5.12. The molecule has 0 aromatic heterocycles. The normalized spacial score (nSPS) is 15.9. The van der Waals surface area contributed by atoms with E-state index in [0.717, 1.165) is 19.5 Å². The monoisotopic (exact) mass is 207 g/mol. The third kappa shape index (κ3) is 2.80. The standard InChI is InChI=1S/C12H14FNO/c13-11-3-1-2-4-12(11)15-9-10-5-7-14-8-6-10/h1-5,14H,6-9H2. The van der Waals surface area contributed by atoms with Crippen LogP contribution in [-0.4, -0.2) is 19.7 Å². The highest BCUT2D eigenvalue weighted by molar-refractivity contribution is 5.24. The van der Waals surface area contributed by atoms with E-state index in [1.807, 2.05) is 0 Å². The molecule has 0 aliphatic carbocycles. The van der Waals surface area contributed by atoms with Crippen molar-refractivity contribution in [1.82, 2.24) is 5.32 Å². The van der Waals surface area contributed by atoms with Crippen molar-refractivity contribution in [1.29, 1.82) is 0 Å². The molecule has 0 saturated heterocycles. The maximum atomic E-state index is 13.2. The van der Waals surface area contributed by atoms with Gasteiger partial charge >= 0.3 is 0 Å². The molecule has 15 heavy (non-hydrogen) atoms. The van der Waals surface area contributed by atoms with Gasteiger partial charge in [-0.05, 0) is 30.7 Å². The van der Waals surface area contributed by atoms with E-state index in [1.165, 1.54) is 11.6 Å². The molecule has 1 aromatic carbocycles. The number of hydrogen-bond donors (Lipinski definition) is 1. The molecule has 0 radical (unpaired) electrons. The van der Waals surface area contributed by atoms with Crippen LogP contribution in [0.3, 0.4) is 0 Å². The van der Waals surface area contributed by atoms with Gasteiger partial charge < -0.3 is 10.1 Å². The fourth-order valence-electron chi connectivity index (χ4n) is 1.53. The number of benzene rings is 1. The molecule has 1 aliphatic rings. The first kappa shape index (κ1) is 10.2. The SMILES string of the molecule is Fc1ccccc1OCC1=CCNCC1. The molecule has 0 bridgehead atoms.